The molecule has 1 aliphatic rings. The molecule has 0 N–H and O–H groups in total. The van der Waals surface area contributed by atoms with Crippen LogP contribution in [0.5, 0.6) is 0 Å². The Morgan fingerprint density at radius 1 is 0.186 bits per heavy atom. The highest BCUT2D eigenvalue weighted by atomic mass is 14.2. The van der Waals surface area contributed by atoms with Crippen LogP contribution < -0.4 is 0 Å². The second-order valence-electron chi connectivity index (χ2n) is 15.5. The van der Waals surface area contributed by atoms with Gasteiger partial charge in [-0.05, 0) is 116 Å². The van der Waals surface area contributed by atoms with E-state index >= 15 is 0 Å². The molecule has 0 aromatic heterocycles. The molecule has 11 aromatic rings. The maximum atomic E-state index is 2.31. The highest BCUT2D eigenvalue weighted by molar-refractivity contribution is 6.24. The van der Waals surface area contributed by atoms with E-state index in [2.05, 4.69) is 231 Å². The SMILES string of the molecule is c1ccc(-c2c3ccccc3c(-c3ccccc3-c3cccc4ccccc34)c3ccccc23)c(-c2cccc3ccccc23)c1.c1ccc2c(c1)Cc1ccccc1-2. The van der Waals surface area contributed by atoms with Crippen LogP contribution in [0.25, 0.3) is 98.7 Å². The Hall–Kier alpha value is -7.54. The zero-order valence-electron chi connectivity index (χ0n) is 32.6. The lowest BCUT2D eigenvalue weighted by atomic mass is 9.81. The molecule has 0 aliphatic heterocycles. The Labute approximate surface area is 345 Å². The summed E-state index contributed by atoms with van der Waals surface area (Å²) in [4.78, 5) is 0. The molecule has 276 valence electrons. The zero-order chi connectivity index (χ0) is 39.1. The lowest BCUT2D eigenvalue weighted by Gasteiger charge is -2.21. The summed E-state index contributed by atoms with van der Waals surface area (Å²) < 4.78 is 0. The molecule has 0 saturated carbocycles. The van der Waals surface area contributed by atoms with Gasteiger partial charge in [0.15, 0.2) is 0 Å². The third-order valence-corrected chi connectivity index (χ3v) is 12.2. The van der Waals surface area contributed by atoms with Crippen LogP contribution in [0.2, 0.25) is 0 Å². The van der Waals surface area contributed by atoms with E-state index in [0.717, 1.165) is 6.42 Å². The molecule has 12 rings (SSSR count). The standard InChI is InChI=1S/C46H30.C13H10/c1-3-19-33-31(15-1)17-13-29-35(33)37-21-5-7-23-39(37)45-41-25-9-11-27-43(41)46(44-28-12-10-26-42(44)45)40-24-8-6-22-38(40)36-30-14-18-32-16-2-4-20-34(32)36;1-3-7-12-10(5-1)9-11-6-2-4-8-13(11)12/h1-30H;1-8H,9H2. The first-order valence-electron chi connectivity index (χ1n) is 20.6. The van der Waals surface area contributed by atoms with Gasteiger partial charge in [-0.3, -0.25) is 0 Å². The van der Waals surface area contributed by atoms with E-state index in [-0.39, 0.29) is 0 Å². The van der Waals surface area contributed by atoms with Crippen molar-refractivity contribution < 1.29 is 0 Å². The largest absolute Gasteiger partial charge is 0.0619 e. The molecule has 1 aliphatic carbocycles. The van der Waals surface area contributed by atoms with Gasteiger partial charge in [-0.25, -0.2) is 0 Å². The number of hydrogen-bond donors (Lipinski definition) is 0. The van der Waals surface area contributed by atoms with E-state index in [4.69, 9.17) is 0 Å². The Balaban J connectivity index is 0.000000258. The second-order valence-corrected chi connectivity index (χ2v) is 15.5. The fraction of sp³-hybridized carbons (Fsp3) is 0.0169. The molecular formula is C59H40. The minimum Gasteiger partial charge on any atom is -0.0619 e. The summed E-state index contributed by atoms with van der Waals surface area (Å²) in [5.74, 6) is 0. The first kappa shape index (κ1) is 34.7. The molecule has 11 aromatic carbocycles. The van der Waals surface area contributed by atoms with Crippen LogP contribution in [0.4, 0.5) is 0 Å². The summed E-state index contributed by atoms with van der Waals surface area (Å²) in [7, 11) is 0. The third kappa shape index (κ3) is 6.01. The van der Waals surface area contributed by atoms with E-state index in [1.165, 1.54) is 110 Å². The first-order chi connectivity index (χ1) is 29.3. The molecule has 0 heterocycles. The van der Waals surface area contributed by atoms with E-state index in [1.807, 2.05) is 0 Å². The molecule has 0 amide bonds. The average Bonchev–Trinajstić information content (AvgIpc) is 3.69. The summed E-state index contributed by atoms with van der Waals surface area (Å²) in [5, 5.41) is 10.1. The van der Waals surface area contributed by atoms with Crippen LogP contribution in [0.1, 0.15) is 11.1 Å². The maximum absolute atomic E-state index is 2.31. The van der Waals surface area contributed by atoms with Crippen molar-refractivity contribution >= 4 is 43.1 Å². The van der Waals surface area contributed by atoms with Crippen molar-refractivity contribution in [1.29, 1.82) is 0 Å². The molecular weight excluding hydrogens is 709 g/mol. The lowest BCUT2D eigenvalue weighted by molar-refractivity contribution is 1.26. The quantitative estimate of drug-likeness (QED) is 0.157. The third-order valence-electron chi connectivity index (χ3n) is 12.2. The number of fused-ring (bicyclic) bond motifs is 7. The van der Waals surface area contributed by atoms with Gasteiger partial charge in [-0.1, -0.05) is 231 Å². The molecule has 0 saturated heterocycles. The molecule has 0 nitrogen and oxygen atoms in total. The number of rotatable bonds is 4. The van der Waals surface area contributed by atoms with Gasteiger partial charge in [0, 0.05) is 0 Å². The Morgan fingerprint density at radius 2 is 0.458 bits per heavy atom. The molecule has 0 fully saturated rings. The van der Waals surface area contributed by atoms with Crippen LogP contribution in [-0.2, 0) is 6.42 Å². The Bertz CT molecular complexity index is 3070. The van der Waals surface area contributed by atoms with Gasteiger partial charge < -0.3 is 0 Å². The van der Waals surface area contributed by atoms with Crippen molar-refractivity contribution in [2.24, 2.45) is 0 Å². The Kier molecular flexibility index (Phi) is 8.68. The first-order valence-corrected chi connectivity index (χ1v) is 20.6. The summed E-state index contributed by atoms with van der Waals surface area (Å²) in [6.07, 6.45) is 1.10. The fourth-order valence-corrected chi connectivity index (χ4v) is 9.58. The molecule has 0 spiro atoms. The van der Waals surface area contributed by atoms with Crippen molar-refractivity contribution in [1.82, 2.24) is 0 Å². The van der Waals surface area contributed by atoms with Crippen LogP contribution in [0.3, 0.4) is 0 Å². The highest BCUT2D eigenvalue weighted by Gasteiger charge is 2.21. The molecule has 0 bridgehead atoms. The van der Waals surface area contributed by atoms with Crippen molar-refractivity contribution in [3.05, 3.63) is 242 Å². The minimum absolute atomic E-state index is 1.10. The molecule has 0 atom stereocenters. The van der Waals surface area contributed by atoms with Gasteiger partial charge >= 0.3 is 0 Å². The predicted molar refractivity (Wildman–Crippen MR) is 253 cm³/mol. The summed E-state index contributed by atoms with van der Waals surface area (Å²) in [6, 6.07) is 83.8. The fourth-order valence-electron chi connectivity index (χ4n) is 9.58. The topological polar surface area (TPSA) is 0 Å². The number of hydrogen-bond acceptors (Lipinski definition) is 0. The minimum atomic E-state index is 1.10. The zero-order valence-corrected chi connectivity index (χ0v) is 32.6. The second kappa shape index (κ2) is 14.8. The van der Waals surface area contributed by atoms with Crippen molar-refractivity contribution in [3.63, 3.8) is 0 Å². The van der Waals surface area contributed by atoms with Crippen LogP contribution in [0, 0.1) is 0 Å². The van der Waals surface area contributed by atoms with Crippen molar-refractivity contribution in [2.75, 3.05) is 0 Å². The smallest absolute Gasteiger partial charge is 0.00135 e. The highest BCUT2D eigenvalue weighted by Crippen LogP contribution is 2.49. The summed E-state index contributed by atoms with van der Waals surface area (Å²) in [6.45, 7) is 0. The van der Waals surface area contributed by atoms with Gasteiger partial charge in [-0.15, -0.1) is 0 Å². The van der Waals surface area contributed by atoms with E-state index in [9.17, 15) is 0 Å². The van der Waals surface area contributed by atoms with E-state index in [0.29, 0.717) is 0 Å². The predicted octanol–water partition coefficient (Wildman–Crippen LogP) is 16.2. The van der Waals surface area contributed by atoms with Crippen LogP contribution in [0.15, 0.2) is 231 Å². The molecule has 0 heteroatoms. The summed E-state index contributed by atoms with van der Waals surface area (Å²) >= 11 is 0. The van der Waals surface area contributed by atoms with Crippen molar-refractivity contribution in [3.8, 4) is 55.6 Å². The maximum Gasteiger partial charge on any atom is -0.00135 e. The van der Waals surface area contributed by atoms with E-state index in [1.54, 1.807) is 0 Å². The van der Waals surface area contributed by atoms with Crippen LogP contribution >= 0.6 is 0 Å². The van der Waals surface area contributed by atoms with Gasteiger partial charge in [0.05, 0.1) is 0 Å². The Morgan fingerprint density at radius 3 is 0.864 bits per heavy atom. The van der Waals surface area contributed by atoms with Gasteiger partial charge in [0.1, 0.15) is 0 Å². The van der Waals surface area contributed by atoms with Gasteiger partial charge in [0.2, 0.25) is 0 Å². The molecule has 0 unspecified atom stereocenters. The van der Waals surface area contributed by atoms with E-state index < -0.39 is 0 Å². The van der Waals surface area contributed by atoms with Gasteiger partial charge in [0.25, 0.3) is 0 Å². The number of benzene rings is 11. The summed E-state index contributed by atoms with van der Waals surface area (Å²) in [5.41, 5.74) is 15.8. The van der Waals surface area contributed by atoms with Crippen molar-refractivity contribution in [2.45, 2.75) is 6.42 Å². The average molecular weight is 749 g/mol. The normalized spacial score (nSPS) is 11.7. The lowest BCUT2D eigenvalue weighted by Crippen LogP contribution is -1.94. The molecule has 59 heavy (non-hydrogen) atoms. The molecule has 0 radical (unpaired) electrons. The van der Waals surface area contributed by atoms with Crippen LogP contribution in [-0.4, -0.2) is 0 Å². The monoisotopic (exact) mass is 748 g/mol. The van der Waals surface area contributed by atoms with Gasteiger partial charge in [-0.2, -0.15) is 0 Å².